The molecule has 2 rings (SSSR count). The number of nitrogens with one attached hydrogen (secondary N) is 1. The Balaban J connectivity index is 2.00. The summed E-state index contributed by atoms with van der Waals surface area (Å²) in [6, 6.07) is 0.609. The Hall–Kier alpha value is -0.990. The highest BCUT2D eigenvalue weighted by molar-refractivity contribution is 5.28. The van der Waals surface area contributed by atoms with Crippen molar-refractivity contribution in [3.8, 4) is 0 Å². The topological polar surface area (TPSA) is 29.9 Å². The number of anilines is 1. The fourth-order valence-electron chi connectivity index (χ4n) is 2.90. The van der Waals surface area contributed by atoms with E-state index in [9.17, 15) is 0 Å². The van der Waals surface area contributed by atoms with Gasteiger partial charge in [0.05, 0.1) is 0 Å². The fourth-order valence-corrected chi connectivity index (χ4v) is 2.90. The van der Waals surface area contributed by atoms with Gasteiger partial charge < -0.3 is 9.88 Å². The quantitative estimate of drug-likeness (QED) is 0.846. The molecule has 3 atom stereocenters. The van der Waals surface area contributed by atoms with Gasteiger partial charge in [-0.2, -0.15) is 0 Å². The number of imidazole rings is 1. The minimum Gasteiger partial charge on any atom is -0.353 e. The van der Waals surface area contributed by atoms with Crippen LogP contribution in [0.4, 0.5) is 5.95 Å². The lowest BCUT2D eigenvalue weighted by atomic mass is 9.94. The molecule has 1 aromatic rings. The summed E-state index contributed by atoms with van der Waals surface area (Å²) in [6.45, 7) is 7.81. The molecule has 0 amide bonds. The van der Waals surface area contributed by atoms with E-state index in [1.807, 2.05) is 12.4 Å². The van der Waals surface area contributed by atoms with Gasteiger partial charge in [-0.25, -0.2) is 4.98 Å². The second-order valence-corrected chi connectivity index (χ2v) is 4.89. The fraction of sp³-hybridized carbons (Fsp3) is 0.769. The molecule has 0 spiro atoms. The summed E-state index contributed by atoms with van der Waals surface area (Å²) in [5, 5.41) is 3.61. The van der Waals surface area contributed by atoms with Gasteiger partial charge in [-0.3, -0.25) is 0 Å². The second kappa shape index (κ2) is 4.89. The third kappa shape index (κ3) is 2.08. The van der Waals surface area contributed by atoms with Crippen LogP contribution >= 0.6 is 0 Å². The van der Waals surface area contributed by atoms with E-state index in [2.05, 4.69) is 35.6 Å². The molecule has 1 saturated carbocycles. The largest absolute Gasteiger partial charge is 0.353 e. The van der Waals surface area contributed by atoms with Gasteiger partial charge in [0.25, 0.3) is 0 Å². The van der Waals surface area contributed by atoms with E-state index in [-0.39, 0.29) is 0 Å². The summed E-state index contributed by atoms with van der Waals surface area (Å²) in [4.78, 5) is 4.39. The molecule has 90 valence electrons. The lowest BCUT2D eigenvalue weighted by Crippen LogP contribution is -2.26. The van der Waals surface area contributed by atoms with Gasteiger partial charge in [-0.1, -0.05) is 20.3 Å². The highest BCUT2D eigenvalue weighted by atomic mass is 15.2. The van der Waals surface area contributed by atoms with Crippen LogP contribution in [0.15, 0.2) is 12.4 Å². The molecule has 16 heavy (non-hydrogen) atoms. The molecule has 1 aromatic heterocycles. The number of aryl methyl sites for hydroxylation is 1. The van der Waals surface area contributed by atoms with Crippen molar-refractivity contribution >= 4 is 5.95 Å². The van der Waals surface area contributed by atoms with E-state index < -0.39 is 0 Å². The Morgan fingerprint density at radius 3 is 2.88 bits per heavy atom. The first kappa shape index (κ1) is 11.5. The summed E-state index contributed by atoms with van der Waals surface area (Å²) in [7, 11) is 0. The Kier molecular flexibility index (Phi) is 3.52. The Morgan fingerprint density at radius 2 is 2.25 bits per heavy atom. The van der Waals surface area contributed by atoms with Gasteiger partial charge in [0.1, 0.15) is 0 Å². The molecular weight excluding hydrogens is 198 g/mol. The summed E-state index contributed by atoms with van der Waals surface area (Å²) < 4.78 is 2.17. The van der Waals surface area contributed by atoms with Crippen LogP contribution in [0.1, 0.15) is 40.0 Å². The Labute approximate surface area is 98.3 Å². The van der Waals surface area contributed by atoms with Crippen LogP contribution in [0, 0.1) is 11.8 Å². The zero-order valence-corrected chi connectivity index (χ0v) is 10.6. The SMILES string of the molecule is CCC1CCC(Nc2nccn2CC)C1C. The van der Waals surface area contributed by atoms with Gasteiger partial charge in [0, 0.05) is 25.0 Å². The average Bonchev–Trinajstić information content (AvgIpc) is 2.87. The van der Waals surface area contributed by atoms with Gasteiger partial charge in [0.2, 0.25) is 5.95 Å². The zero-order chi connectivity index (χ0) is 11.5. The molecule has 3 heteroatoms. The molecule has 0 saturated heterocycles. The molecule has 3 nitrogen and oxygen atoms in total. The van der Waals surface area contributed by atoms with Crippen molar-refractivity contribution in [2.45, 2.75) is 52.6 Å². The third-order valence-electron chi connectivity index (χ3n) is 4.12. The van der Waals surface area contributed by atoms with Crippen molar-refractivity contribution in [1.82, 2.24) is 9.55 Å². The summed E-state index contributed by atoms with van der Waals surface area (Å²) in [5.41, 5.74) is 0. The predicted molar refractivity (Wildman–Crippen MR) is 67.5 cm³/mol. The molecule has 0 radical (unpaired) electrons. The van der Waals surface area contributed by atoms with Crippen molar-refractivity contribution in [1.29, 1.82) is 0 Å². The maximum absolute atomic E-state index is 4.39. The number of hydrogen-bond acceptors (Lipinski definition) is 2. The molecule has 0 bridgehead atoms. The normalized spacial score (nSPS) is 29.6. The maximum Gasteiger partial charge on any atom is 0.202 e. The van der Waals surface area contributed by atoms with Gasteiger partial charge in [0.15, 0.2) is 0 Å². The third-order valence-corrected chi connectivity index (χ3v) is 4.12. The molecule has 1 aliphatic rings. The first-order valence-electron chi connectivity index (χ1n) is 6.53. The summed E-state index contributed by atoms with van der Waals surface area (Å²) in [5.74, 6) is 2.70. The van der Waals surface area contributed by atoms with Crippen LogP contribution in [0.5, 0.6) is 0 Å². The molecule has 1 N–H and O–H groups in total. The van der Waals surface area contributed by atoms with E-state index in [0.717, 1.165) is 24.3 Å². The van der Waals surface area contributed by atoms with Crippen molar-refractivity contribution < 1.29 is 0 Å². The molecule has 0 aliphatic heterocycles. The highest BCUT2D eigenvalue weighted by Crippen LogP contribution is 2.35. The van der Waals surface area contributed by atoms with Crippen LogP contribution in [0.2, 0.25) is 0 Å². The average molecular weight is 221 g/mol. The molecule has 0 aromatic carbocycles. The minimum absolute atomic E-state index is 0.609. The van der Waals surface area contributed by atoms with Crippen LogP contribution in [0.3, 0.4) is 0 Å². The smallest absolute Gasteiger partial charge is 0.202 e. The summed E-state index contributed by atoms with van der Waals surface area (Å²) in [6.07, 6.45) is 7.88. The molecule has 1 fully saturated rings. The standard InChI is InChI=1S/C13H23N3/c1-4-11-6-7-12(10(11)3)15-13-14-8-9-16(13)5-2/h8-12H,4-7H2,1-3H3,(H,14,15). The van der Waals surface area contributed by atoms with Crippen molar-refractivity contribution in [3.05, 3.63) is 12.4 Å². The number of rotatable bonds is 4. The van der Waals surface area contributed by atoms with E-state index >= 15 is 0 Å². The lowest BCUT2D eigenvalue weighted by molar-refractivity contribution is 0.390. The number of hydrogen-bond donors (Lipinski definition) is 1. The van der Waals surface area contributed by atoms with Crippen molar-refractivity contribution in [2.24, 2.45) is 11.8 Å². The first-order valence-corrected chi connectivity index (χ1v) is 6.53. The van der Waals surface area contributed by atoms with Crippen molar-refractivity contribution in [3.63, 3.8) is 0 Å². The Morgan fingerprint density at radius 1 is 1.44 bits per heavy atom. The molecule has 3 unspecified atom stereocenters. The van der Waals surface area contributed by atoms with Gasteiger partial charge >= 0.3 is 0 Å². The summed E-state index contributed by atoms with van der Waals surface area (Å²) >= 11 is 0. The van der Waals surface area contributed by atoms with Crippen molar-refractivity contribution in [2.75, 3.05) is 5.32 Å². The lowest BCUT2D eigenvalue weighted by Gasteiger charge is -2.21. The van der Waals surface area contributed by atoms with E-state index in [1.54, 1.807) is 0 Å². The first-order chi connectivity index (χ1) is 7.76. The zero-order valence-electron chi connectivity index (χ0n) is 10.6. The molecular formula is C13H23N3. The van der Waals surface area contributed by atoms with Crippen LogP contribution in [-0.4, -0.2) is 15.6 Å². The monoisotopic (exact) mass is 221 g/mol. The number of aromatic nitrogens is 2. The van der Waals surface area contributed by atoms with E-state index in [1.165, 1.54) is 19.3 Å². The van der Waals surface area contributed by atoms with Crippen LogP contribution < -0.4 is 5.32 Å². The van der Waals surface area contributed by atoms with E-state index in [0.29, 0.717) is 6.04 Å². The molecule has 1 heterocycles. The Bertz CT molecular complexity index is 332. The minimum atomic E-state index is 0.609. The predicted octanol–water partition coefficient (Wildman–Crippen LogP) is 3.14. The second-order valence-electron chi connectivity index (χ2n) is 4.89. The number of nitrogens with zero attached hydrogens (tertiary/aromatic N) is 2. The van der Waals surface area contributed by atoms with Crippen LogP contribution in [-0.2, 0) is 6.54 Å². The van der Waals surface area contributed by atoms with E-state index in [4.69, 9.17) is 0 Å². The molecule has 1 aliphatic carbocycles. The maximum atomic E-state index is 4.39. The van der Waals surface area contributed by atoms with Gasteiger partial charge in [-0.15, -0.1) is 0 Å². The van der Waals surface area contributed by atoms with Gasteiger partial charge in [-0.05, 0) is 31.6 Å². The van der Waals surface area contributed by atoms with Crippen LogP contribution in [0.25, 0.3) is 0 Å². The highest BCUT2D eigenvalue weighted by Gasteiger charge is 2.31.